The third kappa shape index (κ3) is 2.81. The van der Waals surface area contributed by atoms with Crippen molar-refractivity contribution in [3.8, 4) is 0 Å². The lowest BCUT2D eigenvalue weighted by molar-refractivity contribution is -0.133. The molecule has 2 heterocycles. The third-order valence-electron chi connectivity index (χ3n) is 4.00. The lowest BCUT2D eigenvalue weighted by Gasteiger charge is -2.35. The largest absolute Gasteiger partial charge is 0.348 e. The fourth-order valence-electron chi connectivity index (χ4n) is 2.85. The van der Waals surface area contributed by atoms with Crippen molar-refractivity contribution in [1.29, 1.82) is 0 Å². The van der Waals surface area contributed by atoms with Crippen LogP contribution in [0.2, 0.25) is 10.0 Å². The van der Waals surface area contributed by atoms with Crippen molar-refractivity contribution in [3.63, 3.8) is 0 Å². The Morgan fingerprint density at radius 2 is 2.05 bits per heavy atom. The van der Waals surface area contributed by atoms with Crippen molar-refractivity contribution in [1.82, 2.24) is 9.47 Å². The van der Waals surface area contributed by atoms with Gasteiger partial charge in [0, 0.05) is 25.0 Å². The van der Waals surface area contributed by atoms with Crippen molar-refractivity contribution in [2.45, 2.75) is 25.9 Å². The maximum absolute atomic E-state index is 12.5. The summed E-state index contributed by atoms with van der Waals surface area (Å²) in [4.78, 5) is 14.5. The molecule has 21 heavy (non-hydrogen) atoms. The van der Waals surface area contributed by atoms with Gasteiger partial charge < -0.3 is 9.47 Å². The Morgan fingerprint density at radius 1 is 1.24 bits per heavy atom. The summed E-state index contributed by atoms with van der Waals surface area (Å²) in [5.74, 6) is 0.119. The Labute approximate surface area is 134 Å². The number of aromatic nitrogens is 1. The molecule has 3 nitrogen and oxygen atoms in total. The number of amides is 1. The summed E-state index contributed by atoms with van der Waals surface area (Å²) >= 11 is 11.9. The molecular formula is C16H16Cl2N2O. The number of benzene rings is 1. The summed E-state index contributed by atoms with van der Waals surface area (Å²) in [6.07, 6.45) is 2.41. The molecule has 1 unspecified atom stereocenters. The Kier molecular flexibility index (Phi) is 3.96. The second-order valence-electron chi connectivity index (χ2n) is 5.31. The zero-order valence-corrected chi connectivity index (χ0v) is 13.2. The second kappa shape index (κ2) is 5.74. The molecule has 5 heteroatoms. The number of hydrogen-bond acceptors (Lipinski definition) is 1. The molecule has 0 saturated heterocycles. The highest BCUT2D eigenvalue weighted by Gasteiger charge is 2.27. The van der Waals surface area contributed by atoms with Gasteiger partial charge in [0.1, 0.15) is 0 Å². The van der Waals surface area contributed by atoms with Crippen molar-refractivity contribution < 1.29 is 4.79 Å². The minimum atomic E-state index is 0.101. The van der Waals surface area contributed by atoms with Gasteiger partial charge in [-0.05, 0) is 36.8 Å². The smallest absolute Gasteiger partial charge is 0.227 e. The van der Waals surface area contributed by atoms with Gasteiger partial charge in [0.2, 0.25) is 5.91 Å². The number of hydrogen-bond donors (Lipinski definition) is 0. The minimum Gasteiger partial charge on any atom is -0.348 e. The van der Waals surface area contributed by atoms with Crippen molar-refractivity contribution in [3.05, 3.63) is 57.8 Å². The van der Waals surface area contributed by atoms with E-state index in [4.69, 9.17) is 23.2 Å². The second-order valence-corrected chi connectivity index (χ2v) is 6.13. The number of nitrogens with zero attached hydrogens (tertiary/aromatic N) is 2. The molecular weight excluding hydrogens is 307 g/mol. The molecule has 0 radical (unpaired) electrons. The van der Waals surface area contributed by atoms with Crippen LogP contribution in [0.15, 0.2) is 36.5 Å². The number of rotatable bonds is 2. The average Bonchev–Trinajstić information content (AvgIpc) is 2.92. The van der Waals surface area contributed by atoms with Crippen molar-refractivity contribution >= 4 is 29.1 Å². The molecule has 0 saturated carbocycles. The first-order chi connectivity index (χ1) is 10.1. The first-order valence-electron chi connectivity index (χ1n) is 6.94. The standard InChI is InChI=1S/C16H16Cl2N2O/c1-11-15-3-2-6-19(15)7-8-20(11)16(21)10-12-4-5-13(17)14(18)9-12/h2-6,9,11H,7-8,10H2,1H3. The van der Waals surface area contributed by atoms with E-state index in [9.17, 15) is 4.79 Å². The highest BCUT2D eigenvalue weighted by atomic mass is 35.5. The fraction of sp³-hybridized carbons (Fsp3) is 0.312. The monoisotopic (exact) mass is 322 g/mol. The Balaban J connectivity index is 1.75. The lowest BCUT2D eigenvalue weighted by atomic mass is 10.1. The highest BCUT2D eigenvalue weighted by Crippen LogP contribution is 2.27. The molecule has 0 aliphatic carbocycles. The molecule has 0 bridgehead atoms. The van der Waals surface area contributed by atoms with Gasteiger partial charge in [-0.1, -0.05) is 29.3 Å². The third-order valence-corrected chi connectivity index (χ3v) is 4.74. The van der Waals surface area contributed by atoms with E-state index in [1.54, 1.807) is 12.1 Å². The zero-order chi connectivity index (χ0) is 15.0. The summed E-state index contributed by atoms with van der Waals surface area (Å²) in [5.41, 5.74) is 2.08. The van der Waals surface area contributed by atoms with Crippen LogP contribution in [0.3, 0.4) is 0 Å². The summed E-state index contributed by atoms with van der Waals surface area (Å²) in [5, 5.41) is 1.000. The van der Waals surface area contributed by atoms with Crippen LogP contribution in [0.25, 0.3) is 0 Å². The van der Waals surface area contributed by atoms with Gasteiger partial charge >= 0.3 is 0 Å². The molecule has 0 spiro atoms. The number of fused-ring (bicyclic) bond motifs is 1. The van der Waals surface area contributed by atoms with Crippen LogP contribution in [-0.2, 0) is 17.8 Å². The van der Waals surface area contributed by atoms with Gasteiger partial charge in [0.25, 0.3) is 0 Å². The molecule has 3 rings (SSSR count). The zero-order valence-electron chi connectivity index (χ0n) is 11.7. The van der Waals surface area contributed by atoms with Crippen molar-refractivity contribution in [2.75, 3.05) is 6.54 Å². The fourth-order valence-corrected chi connectivity index (χ4v) is 3.17. The van der Waals surface area contributed by atoms with E-state index in [1.807, 2.05) is 17.0 Å². The van der Waals surface area contributed by atoms with Gasteiger partial charge in [0.05, 0.1) is 22.5 Å². The summed E-state index contributed by atoms with van der Waals surface area (Å²) < 4.78 is 2.20. The van der Waals surface area contributed by atoms with Crippen LogP contribution in [0.1, 0.15) is 24.2 Å². The van der Waals surface area contributed by atoms with E-state index < -0.39 is 0 Å². The van der Waals surface area contributed by atoms with Crippen LogP contribution in [0, 0.1) is 0 Å². The van der Waals surface area contributed by atoms with E-state index in [1.165, 1.54) is 5.69 Å². The van der Waals surface area contributed by atoms with Crippen molar-refractivity contribution in [2.24, 2.45) is 0 Å². The molecule has 0 fully saturated rings. The van der Waals surface area contributed by atoms with E-state index in [0.29, 0.717) is 16.5 Å². The summed E-state index contributed by atoms with van der Waals surface area (Å²) in [6, 6.07) is 9.55. The molecule has 1 atom stereocenters. The predicted octanol–water partition coefficient (Wildman–Crippen LogP) is 3.94. The average molecular weight is 323 g/mol. The summed E-state index contributed by atoms with van der Waals surface area (Å²) in [7, 11) is 0. The molecule has 1 amide bonds. The predicted molar refractivity (Wildman–Crippen MR) is 84.7 cm³/mol. The van der Waals surface area contributed by atoms with Gasteiger partial charge in [-0.15, -0.1) is 0 Å². The minimum absolute atomic E-state index is 0.101. The molecule has 1 aliphatic rings. The Morgan fingerprint density at radius 3 is 2.81 bits per heavy atom. The maximum Gasteiger partial charge on any atom is 0.227 e. The van der Waals surface area contributed by atoms with E-state index in [0.717, 1.165) is 18.7 Å². The van der Waals surface area contributed by atoms with Crippen LogP contribution in [0.5, 0.6) is 0 Å². The van der Waals surface area contributed by atoms with Gasteiger partial charge in [-0.25, -0.2) is 0 Å². The first kappa shape index (κ1) is 14.5. The van der Waals surface area contributed by atoms with E-state index >= 15 is 0 Å². The molecule has 2 aromatic rings. The van der Waals surface area contributed by atoms with Crippen LogP contribution in [-0.4, -0.2) is 21.9 Å². The number of halogens is 2. The van der Waals surface area contributed by atoms with Crippen LogP contribution in [0.4, 0.5) is 0 Å². The number of carbonyl (C=O) groups is 1. The normalized spacial score (nSPS) is 17.7. The van der Waals surface area contributed by atoms with Gasteiger partial charge in [-0.3, -0.25) is 4.79 Å². The van der Waals surface area contributed by atoms with Gasteiger partial charge in [0.15, 0.2) is 0 Å². The topological polar surface area (TPSA) is 25.2 Å². The first-order valence-corrected chi connectivity index (χ1v) is 7.70. The van der Waals surface area contributed by atoms with E-state index in [-0.39, 0.29) is 11.9 Å². The Hall–Kier alpha value is -1.45. The number of carbonyl (C=O) groups excluding carboxylic acids is 1. The highest BCUT2D eigenvalue weighted by molar-refractivity contribution is 6.42. The SMILES string of the molecule is CC1c2cccn2CCN1C(=O)Cc1ccc(Cl)c(Cl)c1. The summed E-state index contributed by atoms with van der Waals surface area (Å²) in [6.45, 7) is 3.65. The van der Waals surface area contributed by atoms with E-state index in [2.05, 4.69) is 23.8 Å². The molecule has 0 N–H and O–H groups in total. The maximum atomic E-state index is 12.5. The molecule has 1 aromatic carbocycles. The lowest BCUT2D eigenvalue weighted by Crippen LogP contribution is -2.41. The van der Waals surface area contributed by atoms with Gasteiger partial charge in [-0.2, -0.15) is 0 Å². The van der Waals surface area contributed by atoms with Crippen LogP contribution >= 0.6 is 23.2 Å². The molecule has 1 aliphatic heterocycles. The van der Waals surface area contributed by atoms with Crippen LogP contribution < -0.4 is 0 Å². The molecule has 1 aromatic heterocycles. The molecule has 110 valence electrons. The quantitative estimate of drug-likeness (QED) is 0.822. The Bertz CT molecular complexity index is 681.